The van der Waals surface area contributed by atoms with Crippen LogP contribution in [0.2, 0.25) is 5.02 Å². The highest BCUT2D eigenvalue weighted by Crippen LogP contribution is 2.20. The second-order valence-corrected chi connectivity index (χ2v) is 3.77. The van der Waals surface area contributed by atoms with Gasteiger partial charge < -0.3 is 10.1 Å². The molecule has 0 aliphatic carbocycles. The molecule has 0 aromatic heterocycles. The van der Waals surface area contributed by atoms with Gasteiger partial charge in [-0.25, -0.2) is 4.79 Å². The summed E-state index contributed by atoms with van der Waals surface area (Å²) in [4.78, 5) is 22.8. The average Bonchev–Trinajstić information content (AvgIpc) is 2.28. The number of nitriles is 1. The zero-order chi connectivity index (χ0) is 13.5. The van der Waals surface area contributed by atoms with Crippen molar-refractivity contribution in [3.8, 4) is 6.07 Å². The summed E-state index contributed by atoms with van der Waals surface area (Å²) in [6, 6.07) is 6.10. The van der Waals surface area contributed by atoms with Crippen LogP contribution in [0.15, 0.2) is 18.2 Å². The molecule has 0 bridgehead atoms. The Kier molecular flexibility index (Phi) is 5.15. The lowest BCUT2D eigenvalue weighted by Crippen LogP contribution is -2.11. The lowest BCUT2D eigenvalue weighted by Gasteiger charge is -2.07. The highest BCUT2D eigenvalue weighted by atomic mass is 35.5. The maximum Gasteiger partial charge on any atom is 0.338 e. The van der Waals surface area contributed by atoms with E-state index < -0.39 is 11.9 Å². The second-order valence-electron chi connectivity index (χ2n) is 3.33. The highest BCUT2D eigenvalue weighted by molar-refractivity contribution is 6.31. The van der Waals surface area contributed by atoms with Crippen molar-refractivity contribution in [1.29, 1.82) is 5.26 Å². The van der Waals surface area contributed by atoms with Crippen LogP contribution in [0.4, 0.5) is 5.69 Å². The van der Waals surface area contributed by atoms with Crippen LogP contribution in [0.3, 0.4) is 0 Å². The molecule has 6 heteroatoms. The van der Waals surface area contributed by atoms with E-state index in [2.05, 4.69) is 5.32 Å². The van der Waals surface area contributed by atoms with Crippen molar-refractivity contribution in [2.45, 2.75) is 13.3 Å². The van der Waals surface area contributed by atoms with Crippen LogP contribution in [0.1, 0.15) is 23.7 Å². The molecule has 0 fully saturated rings. The van der Waals surface area contributed by atoms with Crippen molar-refractivity contribution in [1.82, 2.24) is 0 Å². The molecule has 1 rings (SSSR count). The normalized spacial score (nSPS) is 9.39. The molecule has 1 aromatic rings. The van der Waals surface area contributed by atoms with Crippen LogP contribution >= 0.6 is 11.6 Å². The van der Waals surface area contributed by atoms with Crippen LogP contribution in [-0.2, 0) is 9.53 Å². The van der Waals surface area contributed by atoms with Crippen molar-refractivity contribution in [3.05, 3.63) is 28.8 Å². The average molecular weight is 267 g/mol. The van der Waals surface area contributed by atoms with Crippen molar-refractivity contribution in [2.75, 3.05) is 11.9 Å². The molecule has 18 heavy (non-hydrogen) atoms. The predicted molar refractivity (Wildman–Crippen MR) is 66.3 cm³/mol. The third-order valence-corrected chi connectivity index (χ3v) is 2.15. The highest BCUT2D eigenvalue weighted by Gasteiger charge is 2.10. The standard InChI is InChI=1S/C12H11ClN2O3/c1-2-18-12(17)8-5-9(13)7-10(6-8)15-11(16)3-4-14/h5-7H,2-3H2,1H3,(H,15,16). The Hall–Kier alpha value is -2.06. The van der Waals surface area contributed by atoms with Crippen LogP contribution < -0.4 is 5.32 Å². The Morgan fingerprint density at radius 2 is 2.17 bits per heavy atom. The van der Waals surface area contributed by atoms with E-state index in [9.17, 15) is 9.59 Å². The number of amides is 1. The van der Waals surface area contributed by atoms with Crippen LogP contribution in [0.25, 0.3) is 0 Å². The van der Waals surface area contributed by atoms with E-state index in [-0.39, 0.29) is 18.6 Å². The maximum absolute atomic E-state index is 11.5. The Morgan fingerprint density at radius 3 is 2.78 bits per heavy atom. The Bertz CT molecular complexity index is 509. The minimum atomic E-state index is -0.518. The number of hydrogen-bond donors (Lipinski definition) is 1. The Morgan fingerprint density at radius 1 is 1.44 bits per heavy atom. The van der Waals surface area contributed by atoms with E-state index in [1.54, 1.807) is 13.0 Å². The number of carbonyl (C=O) groups is 2. The van der Waals surface area contributed by atoms with Gasteiger partial charge in [0.25, 0.3) is 0 Å². The van der Waals surface area contributed by atoms with E-state index in [4.69, 9.17) is 21.6 Å². The zero-order valence-corrected chi connectivity index (χ0v) is 10.5. The van der Waals surface area contributed by atoms with Gasteiger partial charge in [0.2, 0.25) is 5.91 Å². The Labute approximate surface area is 109 Å². The minimum Gasteiger partial charge on any atom is -0.462 e. The topological polar surface area (TPSA) is 79.2 Å². The monoisotopic (exact) mass is 266 g/mol. The van der Waals surface area contributed by atoms with Gasteiger partial charge in [0, 0.05) is 10.7 Å². The zero-order valence-electron chi connectivity index (χ0n) is 9.70. The van der Waals surface area contributed by atoms with Gasteiger partial charge in [-0.1, -0.05) is 11.6 Å². The molecule has 0 saturated carbocycles. The van der Waals surface area contributed by atoms with Crippen LogP contribution in [0.5, 0.6) is 0 Å². The number of halogens is 1. The number of hydrogen-bond acceptors (Lipinski definition) is 4. The fraction of sp³-hybridized carbons (Fsp3) is 0.250. The molecule has 94 valence electrons. The maximum atomic E-state index is 11.5. The quantitative estimate of drug-likeness (QED) is 0.849. The van der Waals surface area contributed by atoms with Crippen molar-refractivity contribution < 1.29 is 14.3 Å². The number of nitrogens with zero attached hydrogens (tertiary/aromatic N) is 1. The van der Waals surface area contributed by atoms with Gasteiger partial charge in [-0.2, -0.15) is 5.26 Å². The first kappa shape index (κ1) is 14.0. The summed E-state index contributed by atoms with van der Waals surface area (Å²) in [7, 11) is 0. The fourth-order valence-corrected chi connectivity index (χ4v) is 1.51. The lowest BCUT2D eigenvalue weighted by molar-refractivity contribution is -0.115. The SMILES string of the molecule is CCOC(=O)c1cc(Cl)cc(NC(=O)CC#N)c1. The van der Waals surface area contributed by atoms with E-state index in [0.29, 0.717) is 10.7 Å². The molecule has 0 aliphatic rings. The Balaban J connectivity index is 2.91. The third-order valence-electron chi connectivity index (χ3n) is 1.93. The number of ether oxygens (including phenoxy) is 1. The summed E-state index contributed by atoms with van der Waals surface area (Å²) in [5.74, 6) is -0.981. The molecule has 0 spiro atoms. The van der Waals surface area contributed by atoms with Crippen LogP contribution in [-0.4, -0.2) is 18.5 Å². The summed E-state index contributed by atoms with van der Waals surface area (Å²) in [6.45, 7) is 1.94. The molecular formula is C12H11ClN2O3. The van der Waals surface area contributed by atoms with Gasteiger partial charge in [-0.15, -0.1) is 0 Å². The molecule has 0 saturated heterocycles. The number of esters is 1. The molecule has 0 heterocycles. The van der Waals surface area contributed by atoms with Crippen molar-refractivity contribution in [3.63, 3.8) is 0 Å². The smallest absolute Gasteiger partial charge is 0.338 e. The molecular weight excluding hydrogens is 256 g/mol. The van der Waals surface area contributed by atoms with Gasteiger partial charge in [0.1, 0.15) is 6.42 Å². The predicted octanol–water partition coefficient (Wildman–Crippen LogP) is 2.37. The number of nitrogens with one attached hydrogen (secondary N) is 1. The minimum absolute atomic E-state index is 0.247. The first-order chi connectivity index (χ1) is 8.56. The van der Waals surface area contributed by atoms with Crippen LogP contribution in [0, 0.1) is 11.3 Å². The molecule has 1 amide bonds. The summed E-state index contributed by atoms with van der Waals surface area (Å²) < 4.78 is 4.83. The largest absolute Gasteiger partial charge is 0.462 e. The molecule has 5 nitrogen and oxygen atoms in total. The fourth-order valence-electron chi connectivity index (χ4n) is 1.27. The van der Waals surface area contributed by atoms with Gasteiger partial charge in [0.15, 0.2) is 0 Å². The summed E-state index contributed by atoms with van der Waals surface area (Å²) in [6.07, 6.45) is -0.263. The van der Waals surface area contributed by atoms with Gasteiger partial charge >= 0.3 is 5.97 Å². The van der Waals surface area contributed by atoms with Gasteiger partial charge in [0.05, 0.1) is 18.2 Å². The van der Waals surface area contributed by atoms with Gasteiger partial charge in [-0.05, 0) is 25.1 Å². The first-order valence-corrected chi connectivity index (χ1v) is 5.59. The van der Waals surface area contributed by atoms with E-state index in [0.717, 1.165) is 0 Å². The first-order valence-electron chi connectivity index (χ1n) is 5.21. The number of rotatable bonds is 4. The van der Waals surface area contributed by atoms with E-state index in [1.807, 2.05) is 0 Å². The van der Waals surface area contributed by atoms with Crippen molar-refractivity contribution in [2.24, 2.45) is 0 Å². The lowest BCUT2D eigenvalue weighted by atomic mass is 10.2. The van der Waals surface area contributed by atoms with E-state index in [1.165, 1.54) is 18.2 Å². The molecule has 0 unspecified atom stereocenters. The summed E-state index contributed by atoms with van der Waals surface area (Å²) >= 11 is 5.83. The molecule has 1 N–H and O–H groups in total. The molecule has 0 radical (unpaired) electrons. The number of benzene rings is 1. The number of anilines is 1. The van der Waals surface area contributed by atoms with Crippen molar-refractivity contribution >= 4 is 29.2 Å². The third kappa shape index (κ3) is 4.07. The van der Waals surface area contributed by atoms with Gasteiger partial charge in [-0.3, -0.25) is 4.79 Å². The van der Waals surface area contributed by atoms with E-state index >= 15 is 0 Å². The number of carbonyl (C=O) groups excluding carboxylic acids is 2. The molecule has 1 aromatic carbocycles. The molecule has 0 aliphatic heterocycles. The summed E-state index contributed by atoms with van der Waals surface area (Å²) in [5.41, 5.74) is 0.599. The molecule has 0 atom stereocenters. The second kappa shape index (κ2) is 6.62. The summed E-state index contributed by atoms with van der Waals surface area (Å²) in [5, 5.41) is 11.1.